The Hall–Kier alpha value is -0.940. The van der Waals surface area contributed by atoms with Gasteiger partial charge in [0.05, 0.1) is 12.1 Å². The van der Waals surface area contributed by atoms with Crippen LogP contribution in [0.3, 0.4) is 0 Å². The van der Waals surface area contributed by atoms with Crippen molar-refractivity contribution >= 4 is 11.8 Å². The van der Waals surface area contributed by atoms with Gasteiger partial charge < -0.3 is 10.1 Å². The minimum absolute atomic E-state index is 0.0560. The zero-order valence-corrected chi connectivity index (χ0v) is 9.73. The number of nitrogens with zero attached hydrogens (tertiary/aromatic N) is 1. The first-order valence-electron chi connectivity index (χ1n) is 5.72. The number of hydrogen-bond donors (Lipinski definition) is 1. The molecule has 2 rings (SSSR count). The summed E-state index contributed by atoms with van der Waals surface area (Å²) in [6, 6.07) is -0.127. The summed E-state index contributed by atoms with van der Waals surface area (Å²) in [6.07, 6.45) is 0.874. The van der Waals surface area contributed by atoms with Gasteiger partial charge >= 0.3 is 0 Å². The smallest absolute Gasteiger partial charge is 0.229 e. The third-order valence-electron chi connectivity index (χ3n) is 3.35. The quantitative estimate of drug-likeness (QED) is 0.660. The van der Waals surface area contributed by atoms with E-state index in [9.17, 15) is 9.59 Å². The van der Waals surface area contributed by atoms with E-state index in [0.29, 0.717) is 25.9 Å². The standard InChI is InChI=1S/C11H18N2O3/c1-7-3-10(14)13(11(15)4-7)8-5-12-6-9(8)16-2/h7-9,12H,3-6H2,1-2H3. The van der Waals surface area contributed by atoms with Gasteiger partial charge in [-0.2, -0.15) is 0 Å². The topological polar surface area (TPSA) is 58.6 Å². The molecule has 2 saturated heterocycles. The van der Waals surface area contributed by atoms with Gasteiger partial charge in [-0.05, 0) is 5.92 Å². The molecule has 0 spiro atoms. The van der Waals surface area contributed by atoms with Crippen molar-refractivity contribution in [2.75, 3.05) is 20.2 Å². The summed E-state index contributed by atoms with van der Waals surface area (Å²) in [7, 11) is 1.62. The van der Waals surface area contributed by atoms with E-state index in [4.69, 9.17) is 4.74 Å². The average molecular weight is 226 g/mol. The maximum absolute atomic E-state index is 11.9. The van der Waals surface area contributed by atoms with E-state index in [-0.39, 0.29) is 29.9 Å². The van der Waals surface area contributed by atoms with Crippen molar-refractivity contribution in [3.8, 4) is 0 Å². The zero-order chi connectivity index (χ0) is 11.7. The van der Waals surface area contributed by atoms with Gasteiger partial charge in [-0.3, -0.25) is 14.5 Å². The molecule has 2 atom stereocenters. The molecule has 2 amide bonds. The molecule has 0 aromatic heterocycles. The van der Waals surface area contributed by atoms with Crippen LogP contribution in [0.15, 0.2) is 0 Å². The molecule has 2 heterocycles. The number of amides is 2. The molecule has 2 aliphatic heterocycles. The van der Waals surface area contributed by atoms with Crippen LogP contribution in [0.5, 0.6) is 0 Å². The van der Waals surface area contributed by atoms with Crippen LogP contribution in [0.1, 0.15) is 19.8 Å². The molecule has 2 unspecified atom stereocenters. The summed E-state index contributed by atoms with van der Waals surface area (Å²) in [4.78, 5) is 25.2. The molecule has 2 fully saturated rings. The summed E-state index contributed by atoms with van der Waals surface area (Å²) in [5, 5.41) is 3.15. The second-order valence-corrected chi connectivity index (χ2v) is 4.67. The summed E-state index contributed by atoms with van der Waals surface area (Å²) in [5.41, 5.74) is 0. The van der Waals surface area contributed by atoms with E-state index in [2.05, 4.69) is 5.32 Å². The van der Waals surface area contributed by atoms with Crippen LogP contribution < -0.4 is 5.32 Å². The second kappa shape index (κ2) is 4.51. The number of carbonyl (C=O) groups excluding carboxylic acids is 2. The number of carbonyl (C=O) groups is 2. The van der Waals surface area contributed by atoms with Gasteiger partial charge in [0, 0.05) is 33.0 Å². The monoisotopic (exact) mass is 226 g/mol. The molecule has 0 saturated carbocycles. The lowest BCUT2D eigenvalue weighted by molar-refractivity contribution is -0.154. The highest BCUT2D eigenvalue weighted by Gasteiger charge is 2.41. The lowest BCUT2D eigenvalue weighted by Gasteiger charge is -2.34. The van der Waals surface area contributed by atoms with Crippen molar-refractivity contribution in [1.82, 2.24) is 10.2 Å². The van der Waals surface area contributed by atoms with Crippen LogP contribution in [0, 0.1) is 5.92 Å². The Morgan fingerprint density at radius 1 is 1.25 bits per heavy atom. The van der Waals surface area contributed by atoms with Gasteiger partial charge in [0.15, 0.2) is 0 Å². The summed E-state index contributed by atoms with van der Waals surface area (Å²) in [6.45, 7) is 3.28. The van der Waals surface area contributed by atoms with Crippen LogP contribution in [-0.2, 0) is 14.3 Å². The minimum atomic E-state index is -0.127. The van der Waals surface area contributed by atoms with E-state index < -0.39 is 0 Å². The number of likely N-dealkylation sites (tertiary alicyclic amines) is 1. The summed E-state index contributed by atoms with van der Waals surface area (Å²) in [5.74, 6) is 0.0607. The molecule has 0 aliphatic carbocycles. The number of nitrogens with one attached hydrogen (secondary N) is 1. The fourth-order valence-corrected chi connectivity index (χ4v) is 2.51. The molecule has 2 aliphatic rings. The van der Waals surface area contributed by atoms with Crippen molar-refractivity contribution < 1.29 is 14.3 Å². The first-order chi connectivity index (χ1) is 7.63. The van der Waals surface area contributed by atoms with Crippen molar-refractivity contribution in [2.45, 2.75) is 31.9 Å². The highest BCUT2D eigenvalue weighted by molar-refractivity contribution is 5.98. The Bertz CT molecular complexity index is 288. The molecule has 0 bridgehead atoms. The number of ether oxygens (including phenoxy) is 1. The largest absolute Gasteiger partial charge is 0.378 e. The van der Waals surface area contributed by atoms with Crippen LogP contribution in [-0.4, -0.2) is 49.1 Å². The predicted molar refractivity (Wildman–Crippen MR) is 57.7 cm³/mol. The minimum Gasteiger partial charge on any atom is -0.378 e. The normalized spacial score (nSPS) is 32.5. The van der Waals surface area contributed by atoms with Crippen LogP contribution >= 0.6 is 0 Å². The summed E-state index contributed by atoms with van der Waals surface area (Å²) >= 11 is 0. The molecule has 0 radical (unpaired) electrons. The number of hydrogen-bond acceptors (Lipinski definition) is 4. The summed E-state index contributed by atoms with van der Waals surface area (Å²) < 4.78 is 5.29. The highest BCUT2D eigenvalue weighted by Crippen LogP contribution is 2.23. The van der Waals surface area contributed by atoms with Gasteiger partial charge in [-0.1, -0.05) is 6.92 Å². The Kier molecular flexibility index (Phi) is 3.25. The van der Waals surface area contributed by atoms with Crippen molar-refractivity contribution in [3.63, 3.8) is 0 Å². The fraction of sp³-hybridized carbons (Fsp3) is 0.818. The highest BCUT2D eigenvalue weighted by atomic mass is 16.5. The SMILES string of the molecule is COC1CNCC1N1C(=O)CC(C)CC1=O. The number of methoxy groups -OCH3 is 1. The van der Waals surface area contributed by atoms with E-state index in [1.807, 2.05) is 6.92 Å². The van der Waals surface area contributed by atoms with E-state index in [1.54, 1.807) is 7.11 Å². The van der Waals surface area contributed by atoms with Crippen molar-refractivity contribution in [2.24, 2.45) is 5.92 Å². The van der Waals surface area contributed by atoms with Crippen molar-refractivity contribution in [3.05, 3.63) is 0 Å². The van der Waals surface area contributed by atoms with Crippen LogP contribution in [0.2, 0.25) is 0 Å². The molecule has 0 aromatic carbocycles. The van der Waals surface area contributed by atoms with Gasteiger partial charge in [0.1, 0.15) is 0 Å². The Balaban J connectivity index is 2.13. The van der Waals surface area contributed by atoms with Crippen molar-refractivity contribution in [1.29, 1.82) is 0 Å². The van der Waals surface area contributed by atoms with Crippen LogP contribution in [0.25, 0.3) is 0 Å². The number of rotatable bonds is 2. The molecule has 5 heteroatoms. The van der Waals surface area contributed by atoms with E-state index in [1.165, 1.54) is 4.90 Å². The third kappa shape index (κ3) is 1.97. The molecule has 16 heavy (non-hydrogen) atoms. The first-order valence-corrected chi connectivity index (χ1v) is 5.72. The first kappa shape index (κ1) is 11.5. The zero-order valence-electron chi connectivity index (χ0n) is 9.73. The second-order valence-electron chi connectivity index (χ2n) is 4.67. The van der Waals surface area contributed by atoms with E-state index >= 15 is 0 Å². The van der Waals surface area contributed by atoms with Gasteiger partial charge in [0.25, 0.3) is 0 Å². The molecule has 5 nitrogen and oxygen atoms in total. The molecular formula is C11H18N2O3. The third-order valence-corrected chi connectivity index (χ3v) is 3.35. The predicted octanol–water partition coefficient (Wildman–Crippen LogP) is -0.242. The lowest BCUT2D eigenvalue weighted by atomic mass is 9.96. The fourth-order valence-electron chi connectivity index (χ4n) is 2.51. The van der Waals surface area contributed by atoms with E-state index in [0.717, 1.165) is 0 Å². The van der Waals surface area contributed by atoms with Gasteiger partial charge in [-0.25, -0.2) is 0 Å². The average Bonchev–Trinajstić information content (AvgIpc) is 2.64. The Labute approximate surface area is 95.1 Å². The molecule has 1 N–H and O–H groups in total. The number of piperidine rings is 1. The Morgan fingerprint density at radius 3 is 2.44 bits per heavy atom. The van der Waals surface area contributed by atoms with Crippen LogP contribution in [0.4, 0.5) is 0 Å². The molecule has 0 aromatic rings. The molecule has 90 valence electrons. The van der Waals surface area contributed by atoms with Gasteiger partial charge in [-0.15, -0.1) is 0 Å². The molecular weight excluding hydrogens is 208 g/mol. The van der Waals surface area contributed by atoms with Gasteiger partial charge in [0.2, 0.25) is 11.8 Å². The lowest BCUT2D eigenvalue weighted by Crippen LogP contribution is -2.53. The Morgan fingerprint density at radius 2 is 1.88 bits per heavy atom. The number of imide groups is 1. The maximum Gasteiger partial charge on any atom is 0.229 e. The maximum atomic E-state index is 11.9.